The van der Waals surface area contributed by atoms with Gasteiger partial charge in [0.25, 0.3) is 0 Å². The summed E-state index contributed by atoms with van der Waals surface area (Å²) in [5, 5.41) is 6.78. The van der Waals surface area contributed by atoms with E-state index >= 15 is 0 Å². The van der Waals surface area contributed by atoms with Gasteiger partial charge in [0.1, 0.15) is 18.4 Å². The van der Waals surface area contributed by atoms with Gasteiger partial charge in [0.15, 0.2) is 0 Å². The Bertz CT molecular complexity index is 552. The predicted octanol–water partition coefficient (Wildman–Crippen LogP) is 1.62. The molecular weight excluding hydrogens is 244 g/mol. The van der Waals surface area contributed by atoms with Crippen LogP contribution >= 0.6 is 0 Å². The fourth-order valence-corrected chi connectivity index (χ4v) is 1.74. The van der Waals surface area contributed by atoms with E-state index in [1.54, 1.807) is 18.1 Å². The van der Waals surface area contributed by atoms with Gasteiger partial charge in [-0.05, 0) is 30.7 Å². The van der Waals surface area contributed by atoms with E-state index in [1.807, 2.05) is 25.1 Å². The number of carbonyl (C=O) groups is 1. The first kappa shape index (κ1) is 13.1. The minimum absolute atomic E-state index is 0.0555. The third-order valence-corrected chi connectivity index (χ3v) is 2.71. The van der Waals surface area contributed by atoms with Gasteiger partial charge in [-0.25, -0.2) is 4.98 Å². The molecule has 2 aromatic rings. The topological polar surface area (TPSA) is 69.0 Å². The summed E-state index contributed by atoms with van der Waals surface area (Å²) in [6.45, 7) is 2.45. The molecule has 2 rings (SSSR count). The van der Waals surface area contributed by atoms with Gasteiger partial charge in [-0.15, -0.1) is 0 Å². The van der Waals surface area contributed by atoms with Crippen LogP contribution in [0, 0.1) is 6.92 Å². The van der Waals surface area contributed by atoms with Gasteiger partial charge in [0.2, 0.25) is 5.91 Å². The second-order valence-electron chi connectivity index (χ2n) is 4.14. The van der Waals surface area contributed by atoms with Gasteiger partial charge in [-0.3, -0.25) is 9.48 Å². The standard InChI is InChI=1S/C13H16N4O2/c1-10-7-11(3-4-12(10)19-2)16-13(18)5-6-17-9-14-8-15-17/h3-4,7-9H,5-6H2,1-2H3,(H,16,18). The number of carbonyl (C=O) groups excluding carboxylic acids is 1. The van der Waals surface area contributed by atoms with Crippen LogP contribution in [-0.2, 0) is 11.3 Å². The number of amides is 1. The Morgan fingerprint density at radius 3 is 2.95 bits per heavy atom. The summed E-state index contributed by atoms with van der Waals surface area (Å²) in [5.74, 6) is 0.751. The minimum Gasteiger partial charge on any atom is -0.496 e. The number of ether oxygens (including phenoxy) is 1. The lowest BCUT2D eigenvalue weighted by Crippen LogP contribution is -2.14. The molecule has 100 valence electrons. The lowest BCUT2D eigenvalue weighted by molar-refractivity contribution is -0.116. The number of hydrogen-bond acceptors (Lipinski definition) is 4. The lowest BCUT2D eigenvalue weighted by Gasteiger charge is -2.09. The van der Waals surface area contributed by atoms with E-state index in [0.29, 0.717) is 13.0 Å². The smallest absolute Gasteiger partial charge is 0.226 e. The van der Waals surface area contributed by atoms with Gasteiger partial charge in [0, 0.05) is 12.1 Å². The maximum atomic E-state index is 11.8. The summed E-state index contributed by atoms with van der Waals surface area (Å²) < 4.78 is 6.79. The van der Waals surface area contributed by atoms with Crippen LogP contribution in [0.15, 0.2) is 30.9 Å². The molecule has 0 unspecified atom stereocenters. The van der Waals surface area contributed by atoms with Crippen molar-refractivity contribution < 1.29 is 9.53 Å². The third kappa shape index (κ3) is 3.54. The highest BCUT2D eigenvalue weighted by atomic mass is 16.5. The Hall–Kier alpha value is -2.37. The Labute approximate surface area is 111 Å². The summed E-state index contributed by atoms with van der Waals surface area (Å²) in [6.07, 6.45) is 3.39. The van der Waals surface area contributed by atoms with E-state index in [9.17, 15) is 4.79 Å². The molecule has 0 bridgehead atoms. The van der Waals surface area contributed by atoms with E-state index in [-0.39, 0.29) is 5.91 Å². The monoisotopic (exact) mass is 260 g/mol. The molecule has 0 aliphatic carbocycles. The molecule has 6 nitrogen and oxygen atoms in total. The molecular formula is C13H16N4O2. The molecule has 0 saturated carbocycles. The van der Waals surface area contributed by atoms with Crippen LogP contribution in [-0.4, -0.2) is 27.8 Å². The number of rotatable bonds is 5. The van der Waals surface area contributed by atoms with Crippen LogP contribution in [0.5, 0.6) is 5.75 Å². The SMILES string of the molecule is COc1ccc(NC(=O)CCn2cncn2)cc1C. The second-order valence-corrected chi connectivity index (χ2v) is 4.14. The van der Waals surface area contributed by atoms with Gasteiger partial charge in [0.05, 0.1) is 13.7 Å². The van der Waals surface area contributed by atoms with E-state index < -0.39 is 0 Å². The highest BCUT2D eigenvalue weighted by molar-refractivity contribution is 5.90. The van der Waals surface area contributed by atoms with Gasteiger partial charge in [-0.2, -0.15) is 5.10 Å². The Balaban J connectivity index is 1.90. The average Bonchev–Trinajstić information content (AvgIpc) is 2.90. The Kier molecular flexibility index (Phi) is 4.12. The van der Waals surface area contributed by atoms with E-state index in [1.165, 1.54) is 6.33 Å². The molecule has 1 aromatic heterocycles. The van der Waals surface area contributed by atoms with Crippen molar-refractivity contribution in [2.45, 2.75) is 19.9 Å². The number of methoxy groups -OCH3 is 1. The molecule has 6 heteroatoms. The van der Waals surface area contributed by atoms with E-state index in [0.717, 1.165) is 17.0 Å². The molecule has 0 aliphatic rings. The zero-order valence-corrected chi connectivity index (χ0v) is 11.0. The molecule has 1 amide bonds. The maximum Gasteiger partial charge on any atom is 0.226 e. The summed E-state index contributed by atoms with van der Waals surface area (Å²) in [5.41, 5.74) is 1.75. The fraction of sp³-hybridized carbons (Fsp3) is 0.308. The molecule has 0 aliphatic heterocycles. The molecule has 1 aromatic carbocycles. The van der Waals surface area contributed by atoms with E-state index in [4.69, 9.17) is 4.74 Å². The Morgan fingerprint density at radius 1 is 1.47 bits per heavy atom. The molecule has 0 spiro atoms. The highest BCUT2D eigenvalue weighted by Crippen LogP contribution is 2.21. The van der Waals surface area contributed by atoms with Crippen LogP contribution < -0.4 is 10.1 Å². The van der Waals surface area contributed by atoms with Crippen LogP contribution in [0.4, 0.5) is 5.69 Å². The van der Waals surface area contributed by atoms with Gasteiger partial charge >= 0.3 is 0 Å². The Morgan fingerprint density at radius 2 is 2.32 bits per heavy atom. The van der Waals surface area contributed by atoms with Crippen molar-refractivity contribution in [2.75, 3.05) is 12.4 Å². The van der Waals surface area contributed by atoms with Crippen molar-refractivity contribution in [3.05, 3.63) is 36.4 Å². The van der Waals surface area contributed by atoms with Crippen LogP contribution in [0.2, 0.25) is 0 Å². The second kappa shape index (κ2) is 5.99. The molecule has 0 atom stereocenters. The number of aromatic nitrogens is 3. The first-order valence-corrected chi connectivity index (χ1v) is 5.96. The summed E-state index contributed by atoms with van der Waals surface area (Å²) >= 11 is 0. The van der Waals surface area contributed by atoms with Crippen molar-refractivity contribution in [3.8, 4) is 5.75 Å². The largest absolute Gasteiger partial charge is 0.496 e. The normalized spacial score (nSPS) is 10.2. The molecule has 1 N–H and O–H groups in total. The third-order valence-electron chi connectivity index (χ3n) is 2.71. The first-order valence-electron chi connectivity index (χ1n) is 5.96. The highest BCUT2D eigenvalue weighted by Gasteiger charge is 2.05. The fourth-order valence-electron chi connectivity index (χ4n) is 1.74. The quantitative estimate of drug-likeness (QED) is 0.887. The number of nitrogens with one attached hydrogen (secondary N) is 1. The van der Waals surface area contributed by atoms with Crippen LogP contribution in [0.1, 0.15) is 12.0 Å². The molecule has 1 heterocycles. The first-order chi connectivity index (χ1) is 9.19. The van der Waals surface area contributed by atoms with Crippen molar-refractivity contribution in [1.29, 1.82) is 0 Å². The van der Waals surface area contributed by atoms with Crippen LogP contribution in [0.25, 0.3) is 0 Å². The van der Waals surface area contributed by atoms with Crippen molar-refractivity contribution in [1.82, 2.24) is 14.8 Å². The van der Waals surface area contributed by atoms with Gasteiger partial charge in [-0.1, -0.05) is 0 Å². The number of aryl methyl sites for hydroxylation is 2. The summed E-state index contributed by atoms with van der Waals surface area (Å²) in [7, 11) is 1.62. The zero-order valence-electron chi connectivity index (χ0n) is 11.0. The van der Waals surface area contributed by atoms with Crippen molar-refractivity contribution in [2.24, 2.45) is 0 Å². The molecule has 19 heavy (non-hydrogen) atoms. The average molecular weight is 260 g/mol. The number of anilines is 1. The minimum atomic E-state index is -0.0555. The van der Waals surface area contributed by atoms with Gasteiger partial charge < -0.3 is 10.1 Å². The zero-order chi connectivity index (χ0) is 13.7. The van der Waals surface area contributed by atoms with Crippen molar-refractivity contribution >= 4 is 11.6 Å². The molecule has 0 saturated heterocycles. The van der Waals surface area contributed by atoms with E-state index in [2.05, 4.69) is 15.4 Å². The molecule has 0 fully saturated rings. The van der Waals surface area contributed by atoms with Crippen LogP contribution in [0.3, 0.4) is 0 Å². The lowest BCUT2D eigenvalue weighted by atomic mass is 10.2. The van der Waals surface area contributed by atoms with Crippen molar-refractivity contribution in [3.63, 3.8) is 0 Å². The molecule has 0 radical (unpaired) electrons. The summed E-state index contributed by atoms with van der Waals surface area (Å²) in [4.78, 5) is 15.6. The number of nitrogens with zero attached hydrogens (tertiary/aromatic N) is 3. The number of benzene rings is 1. The predicted molar refractivity (Wildman–Crippen MR) is 71.0 cm³/mol. The maximum absolute atomic E-state index is 11.8. The summed E-state index contributed by atoms with van der Waals surface area (Å²) in [6, 6.07) is 5.54. The number of hydrogen-bond donors (Lipinski definition) is 1.